The average molecular weight is 190 g/mol. The van der Waals surface area contributed by atoms with Crippen LogP contribution in [0.3, 0.4) is 0 Å². The molecule has 2 aromatic rings. The van der Waals surface area contributed by atoms with Crippen molar-refractivity contribution < 1.29 is 0 Å². The molecule has 0 unspecified atom stereocenters. The summed E-state index contributed by atoms with van der Waals surface area (Å²) in [6, 6.07) is 10.1. The Labute approximate surface area is 81.6 Å². The van der Waals surface area contributed by atoms with E-state index in [0.717, 1.165) is 15.8 Å². The molecule has 1 aromatic carbocycles. The van der Waals surface area contributed by atoms with Crippen LogP contribution in [0, 0.1) is 4.64 Å². The topological polar surface area (TPSA) is 27.8 Å². The van der Waals surface area contributed by atoms with Gasteiger partial charge in [-0.3, -0.25) is 0 Å². The van der Waals surface area contributed by atoms with Gasteiger partial charge in [0.25, 0.3) is 0 Å². The van der Waals surface area contributed by atoms with Gasteiger partial charge in [0.2, 0.25) is 0 Å². The van der Waals surface area contributed by atoms with Crippen molar-refractivity contribution >= 4 is 28.8 Å². The van der Waals surface area contributed by atoms with Crippen LogP contribution in [0.4, 0.5) is 5.69 Å². The minimum Gasteiger partial charge on any atom is -0.388 e. The first-order valence-corrected chi connectivity index (χ1v) is 4.51. The van der Waals surface area contributed by atoms with E-state index < -0.39 is 0 Å². The van der Waals surface area contributed by atoms with Gasteiger partial charge >= 0.3 is 0 Å². The van der Waals surface area contributed by atoms with Crippen molar-refractivity contribution in [1.29, 1.82) is 0 Å². The summed E-state index contributed by atoms with van der Waals surface area (Å²) in [5.41, 5.74) is 2.16. The smallest absolute Gasteiger partial charge is 0.103 e. The zero-order valence-electron chi connectivity index (χ0n) is 7.29. The fourth-order valence-corrected chi connectivity index (χ4v) is 1.48. The number of nitrogens with one attached hydrogen (secondary N) is 2. The van der Waals surface area contributed by atoms with Crippen LogP contribution in [0.5, 0.6) is 0 Å². The van der Waals surface area contributed by atoms with Gasteiger partial charge in [-0.1, -0.05) is 18.3 Å². The first-order valence-electron chi connectivity index (χ1n) is 4.10. The number of benzene rings is 1. The Morgan fingerprint density at radius 1 is 1.23 bits per heavy atom. The zero-order valence-corrected chi connectivity index (χ0v) is 8.11. The van der Waals surface area contributed by atoms with Crippen molar-refractivity contribution in [3.8, 4) is 0 Å². The van der Waals surface area contributed by atoms with Crippen LogP contribution in [-0.2, 0) is 0 Å². The molecule has 0 bridgehead atoms. The Balaban J connectivity index is 2.75. The molecule has 0 aliphatic rings. The molecule has 0 fully saturated rings. The molecule has 2 N–H and O–H groups in total. The van der Waals surface area contributed by atoms with Crippen molar-refractivity contribution in [2.45, 2.75) is 0 Å². The van der Waals surface area contributed by atoms with Gasteiger partial charge in [-0.05, 0) is 29.7 Å². The van der Waals surface area contributed by atoms with Crippen molar-refractivity contribution in [3.63, 3.8) is 0 Å². The standard InChI is InChI=1S/C10H10N2S/c1-11-8-4-2-7-3-5-10(13)12-9(7)6-8/h2-6,11H,1H3,(H,12,13). The molecular weight excluding hydrogens is 180 g/mol. The molecule has 1 aromatic heterocycles. The number of hydrogen-bond acceptors (Lipinski definition) is 2. The molecule has 0 aliphatic carbocycles. The van der Waals surface area contributed by atoms with E-state index in [9.17, 15) is 0 Å². The Morgan fingerprint density at radius 2 is 2.00 bits per heavy atom. The van der Waals surface area contributed by atoms with E-state index in [2.05, 4.69) is 16.4 Å². The van der Waals surface area contributed by atoms with E-state index in [1.54, 1.807) is 0 Å². The molecule has 0 aliphatic heterocycles. The third-order valence-corrected chi connectivity index (χ3v) is 2.25. The Bertz CT molecular complexity index is 487. The molecule has 0 atom stereocenters. The highest BCUT2D eigenvalue weighted by Gasteiger charge is 1.93. The lowest BCUT2D eigenvalue weighted by Crippen LogP contribution is -1.88. The molecule has 13 heavy (non-hydrogen) atoms. The largest absolute Gasteiger partial charge is 0.388 e. The quantitative estimate of drug-likeness (QED) is 0.677. The molecule has 1 heterocycles. The minimum atomic E-state index is 0.765. The second kappa shape index (κ2) is 3.18. The third kappa shape index (κ3) is 1.55. The van der Waals surface area contributed by atoms with Gasteiger partial charge in [-0.15, -0.1) is 0 Å². The van der Waals surface area contributed by atoms with Crippen molar-refractivity contribution in [1.82, 2.24) is 4.98 Å². The molecule has 3 heteroatoms. The lowest BCUT2D eigenvalue weighted by molar-refractivity contribution is 1.37. The normalized spacial score (nSPS) is 10.2. The number of aromatic amines is 1. The maximum Gasteiger partial charge on any atom is 0.103 e. The van der Waals surface area contributed by atoms with E-state index in [1.807, 2.05) is 31.3 Å². The number of hydrogen-bond donors (Lipinski definition) is 2. The molecule has 0 saturated heterocycles. The second-order valence-electron chi connectivity index (χ2n) is 2.87. The number of pyridine rings is 1. The highest BCUT2D eigenvalue weighted by atomic mass is 32.1. The van der Waals surface area contributed by atoms with Gasteiger partial charge in [0.1, 0.15) is 4.64 Å². The fourth-order valence-electron chi connectivity index (χ4n) is 1.31. The van der Waals surface area contributed by atoms with E-state index in [1.165, 1.54) is 5.39 Å². The van der Waals surface area contributed by atoms with Crippen LogP contribution in [-0.4, -0.2) is 12.0 Å². The number of H-pyrrole nitrogens is 1. The van der Waals surface area contributed by atoms with Gasteiger partial charge in [0, 0.05) is 18.3 Å². The fraction of sp³-hybridized carbons (Fsp3) is 0.100. The summed E-state index contributed by atoms with van der Waals surface area (Å²) in [5.74, 6) is 0. The van der Waals surface area contributed by atoms with Gasteiger partial charge in [-0.25, -0.2) is 0 Å². The molecule has 0 amide bonds. The molecule has 0 saturated carbocycles. The van der Waals surface area contributed by atoms with Crippen LogP contribution in [0.2, 0.25) is 0 Å². The zero-order chi connectivity index (χ0) is 9.26. The van der Waals surface area contributed by atoms with E-state index >= 15 is 0 Å². The van der Waals surface area contributed by atoms with E-state index in [4.69, 9.17) is 12.2 Å². The summed E-state index contributed by atoms with van der Waals surface area (Å²) >= 11 is 5.04. The Kier molecular flexibility index (Phi) is 2.02. The monoisotopic (exact) mass is 190 g/mol. The second-order valence-corrected chi connectivity index (χ2v) is 3.31. The average Bonchev–Trinajstić information content (AvgIpc) is 2.16. The predicted molar refractivity (Wildman–Crippen MR) is 58.7 cm³/mol. The summed E-state index contributed by atoms with van der Waals surface area (Å²) in [4.78, 5) is 3.14. The minimum absolute atomic E-state index is 0.765. The summed E-state index contributed by atoms with van der Waals surface area (Å²) in [6.45, 7) is 0. The summed E-state index contributed by atoms with van der Waals surface area (Å²) in [6.07, 6.45) is 0. The Morgan fingerprint density at radius 3 is 2.77 bits per heavy atom. The van der Waals surface area contributed by atoms with Crippen molar-refractivity contribution in [2.24, 2.45) is 0 Å². The molecule has 2 nitrogen and oxygen atoms in total. The van der Waals surface area contributed by atoms with Crippen LogP contribution >= 0.6 is 12.2 Å². The number of anilines is 1. The lowest BCUT2D eigenvalue weighted by atomic mass is 10.2. The molecular formula is C10H10N2S. The highest BCUT2D eigenvalue weighted by molar-refractivity contribution is 7.71. The third-order valence-electron chi connectivity index (χ3n) is 2.01. The van der Waals surface area contributed by atoms with Gasteiger partial charge < -0.3 is 10.3 Å². The van der Waals surface area contributed by atoms with Gasteiger partial charge in [-0.2, -0.15) is 0 Å². The SMILES string of the molecule is CNc1ccc2ccc(=S)[nH]c2c1. The Hall–Kier alpha value is -1.35. The summed E-state index contributed by atoms with van der Waals surface area (Å²) < 4.78 is 0.765. The molecule has 2 rings (SSSR count). The molecule has 0 radical (unpaired) electrons. The molecule has 66 valence electrons. The summed E-state index contributed by atoms with van der Waals surface area (Å²) in [7, 11) is 1.90. The van der Waals surface area contributed by atoms with Crippen LogP contribution in [0.15, 0.2) is 30.3 Å². The first kappa shape index (κ1) is 8.26. The highest BCUT2D eigenvalue weighted by Crippen LogP contribution is 2.16. The van der Waals surface area contributed by atoms with Gasteiger partial charge in [0.05, 0.1) is 0 Å². The maximum atomic E-state index is 5.04. The first-order chi connectivity index (χ1) is 6.29. The summed E-state index contributed by atoms with van der Waals surface area (Å²) in [5, 5.41) is 4.26. The van der Waals surface area contributed by atoms with E-state index in [-0.39, 0.29) is 0 Å². The number of fused-ring (bicyclic) bond motifs is 1. The van der Waals surface area contributed by atoms with Crippen LogP contribution in [0.1, 0.15) is 0 Å². The number of rotatable bonds is 1. The van der Waals surface area contributed by atoms with Crippen molar-refractivity contribution in [3.05, 3.63) is 35.0 Å². The molecule has 0 spiro atoms. The van der Waals surface area contributed by atoms with Crippen LogP contribution < -0.4 is 5.32 Å². The van der Waals surface area contributed by atoms with Gasteiger partial charge in [0.15, 0.2) is 0 Å². The maximum absolute atomic E-state index is 5.04. The number of aromatic nitrogens is 1. The predicted octanol–water partition coefficient (Wildman–Crippen LogP) is 2.94. The van der Waals surface area contributed by atoms with E-state index in [0.29, 0.717) is 0 Å². The van der Waals surface area contributed by atoms with Crippen LogP contribution in [0.25, 0.3) is 10.9 Å². The van der Waals surface area contributed by atoms with Crippen molar-refractivity contribution in [2.75, 3.05) is 12.4 Å². The lowest BCUT2D eigenvalue weighted by Gasteiger charge is -2.02.